The lowest BCUT2D eigenvalue weighted by Gasteiger charge is -2.16. The fraction of sp³-hybridized carbons (Fsp3) is 0.600. The van der Waals surface area contributed by atoms with Gasteiger partial charge in [-0.05, 0) is 10.9 Å². The molecule has 12 heteroatoms. The first-order valence-corrected chi connectivity index (χ1v) is 10.3. The van der Waals surface area contributed by atoms with Crippen LogP contribution in [0.25, 0.3) is 11.2 Å². The summed E-state index contributed by atoms with van der Waals surface area (Å²) in [6, 6.07) is -0.907. The van der Waals surface area contributed by atoms with E-state index in [9.17, 15) is 15.0 Å². The van der Waals surface area contributed by atoms with Gasteiger partial charge in [-0.2, -0.15) is 0 Å². The van der Waals surface area contributed by atoms with Crippen LogP contribution >= 0.6 is 0 Å². The lowest BCUT2D eigenvalue weighted by atomic mass is 10.1. The lowest BCUT2D eigenvalue weighted by Crippen LogP contribution is -2.37. The van der Waals surface area contributed by atoms with E-state index in [1.54, 1.807) is 0 Å². The van der Waals surface area contributed by atoms with Gasteiger partial charge in [0, 0.05) is 6.42 Å². The van der Waals surface area contributed by atoms with Crippen LogP contribution in [0.3, 0.4) is 0 Å². The molecule has 3 rings (SSSR count). The van der Waals surface area contributed by atoms with Crippen molar-refractivity contribution in [1.82, 2.24) is 19.5 Å². The minimum absolute atomic E-state index is 0.216. The number of hydrogen-bond acceptors (Lipinski definition) is 9. The molecule has 0 aromatic carbocycles. The number of anilines is 1. The summed E-state index contributed by atoms with van der Waals surface area (Å²) in [6.45, 7) is 0. The van der Waals surface area contributed by atoms with Crippen LogP contribution in [-0.2, 0) is 20.4 Å². The normalized spacial score (nSPS) is 27.7. The van der Waals surface area contributed by atoms with E-state index >= 15 is 0 Å². The molecule has 2 aromatic rings. The van der Waals surface area contributed by atoms with Gasteiger partial charge in [0.25, 0.3) is 0 Å². The summed E-state index contributed by atoms with van der Waals surface area (Å²) in [6.07, 6.45) is 1.31. The SMILES string of the molecule is C[S+](CC[C@@H](N)C(=O)O)C[C@@H]1O[C@@H](n2cnc3c(N)ncnc32)[C@H](O)[C@@H]1O. The molecule has 2 aromatic heterocycles. The smallest absolute Gasteiger partial charge is 0.320 e. The standard InChI is InChI=1S/C15H22N6O5S/c1-27(3-2-7(16)15(24)25)4-8-10(22)11(23)14(26-8)21-6-20-9-12(17)18-5-19-13(9)21/h5-8,10-11,14,22-23H,2-4,16H2,1H3,(H2-,17,18,19,24,25)/p+1/t7-,8+,10-,11-,14-,27?/m1/s1. The molecule has 148 valence electrons. The van der Waals surface area contributed by atoms with Crippen LogP contribution in [0.1, 0.15) is 12.6 Å². The number of nitrogen functional groups attached to an aromatic ring is 1. The first kappa shape index (κ1) is 19.8. The van der Waals surface area contributed by atoms with Gasteiger partial charge >= 0.3 is 5.97 Å². The Kier molecular flexibility index (Phi) is 5.81. The monoisotopic (exact) mass is 399 g/mol. The van der Waals surface area contributed by atoms with Crippen molar-refractivity contribution in [3.8, 4) is 0 Å². The molecule has 0 saturated carbocycles. The average molecular weight is 399 g/mol. The topological polar surface area (TPSA) is 183 Å². The second-order valence-corrected chi connectivity index (χ2v) is 8.82. The largest absolute Gasteiger partial charge is 0.480 e. The summed E-state index contributed by atoms with van der Waals surface area (Å²) in [5, 5.41) is 29.7. The van der Waals surface area contributed by atoms with Crippen molar-refractivity contribution in [2.75, 3.05) is 23.5 Å². The Balaban J connectivity index is 1.68. The Morgan fingerprint density at radius 2 is 2.11 bits per heavy atom. The summed E-state index contributed by atoms with van der Waals surface area (Å²) in [5.41, 5.74) is 12.1. The molecular weight excluding hydrogens is 376 g/mol. The molecule has 0 radical (unpaired) electrons. The van der Waals surface area contributed by atoms with Gasteiger partial charge in [-0.1, -0.05) is 0 Å². The number of aliphatic carboxylic acids is 1. The van der Waals surface area contributed by atoms with Gasteiger partial charge in [-0.15, -0.1) is 0 Å². The Morgan fingerprint density at radius 1 is 1.37 bits per heavy atom. The fourth-order valence-corrected chi connectivity index (χ4v) is 4.63. The Morgan fingerprint density at radius 3 is 2.81 bits per heavy atom. The van der Waals surface area contributed by atoms with E-state index in [0.717, 1.165) is 0 Å². The van der Waals surface area contributed by atoms with Crippen molar-refractivity contribution in [2.24, 2.45) is 5.73 Å². The Labute approximate surface area is 157 Å². The Bertz CT molecular complexity index is 819. The number of imidazole rings is 1. The van der Waals surface area contributed by atoms with Crippen LogP contribution in [0.2, 0.25) is 0 Å². The summed E-state index contributed by atoms with van der Waals surface area (Å²) in [7, 11) is -0.235. The van der Waals surface area contributed by atoms with Crippen LogP contribution in [0.15, 0.2) is 12.7 Å². The highest BCUT2D eigenvalue weighted by molar-refractivity contribution is 7.96. The van der Waals surface area contributed by atoms with Crippen LogP contribution in [-0.4, -0.2) is 82.9 Å². The second-order valence-electron chi connectivity index (χ2n) is 6.51. The van der Waals surface area contributed by atoms with Crippen LogP contribution in [0, 0.1) is 0 Å². The average Bonchev–Trinajstić information content (AvgIpc) is 3.17. The van der Waals surface area contributed by atoms with Crippen LogP contribution in [0.5, 0.6) is 0 Å². The maximum atomic E-state index is 10.8. The zero-order valence-electron chi connectivity index (χ0n) is 14.7. The highest BCUT2D eigenvalue weighted by atomic mass is 32.2. The molecule has 6 atom stereocenters. The van der Waals surface area contributed by atoms with E-state index in [1.807, 2.05) is 6.26 Å². The summed E-state index contributed by atoms with van der Waals surface area (Å²) >= 11 is 0. The van der Waals surface area contributed by atoms with E-state index in [4.69, 9.17) is 21.3 Å². The molecule has 1 aliphatic heterocycles. The number of ether oxygens (including phenoxy) is 1. The number of carbonyl (C=O) groups is 1. The van der Waals surface area contributed by atoms with E-state index in [-0.39, 0.29) is 16.7 Å². The number of hydrogen-bond donors (Lipinski definition) is 5. The van der Waals surface area contributed by atoms with E-state index in [1.165, 1.54) is 17.2 Å². The first-order chi connectivity index (χ1) is 12.8. The van der Waals surface area contributed by atoms with Gasteiger partial charge in [0.05, 0.1) is 12.6 Å². The number of aromatic nitrogens is 4. The molecule has 0 amide bonds. The molecule has 27 heavy (non-hydrogen) atoms. The molecule has 1 saturated heterocycles. The zero-order valence-corrected chi connectivity index (χ0v) is 15.5. The number of nitrogens with zero attached hydrogens (tertiary/aromatic N) is 4. The van der Waals surface area contributed by atoms with Gasteiger partial charge in [-0.3, -0.25) is 9.36 Å². The van der Waals surface area contributed by atoms with E-state index in [2.05, 4.69) is 15.0 Å². The van der Waals surface area contributed by atoms with Gasteiger partial charge < -0.3 is 31.5 Å². The minimum atomic E-state index is -1.16. The van der Waals surface area contributed by atoms with Gasteiger partial charge in [0.2, 0.25) is 0 Å². The lowest BCUT2D eigenvalue weighted by molar-refractivity contribution is -0.138. The van der Waals surface area contributed by atoms with Crippen molar-refractivity contribution in [3.63, 3.8) is 0 Å². The molecule has 0 aliphatic carbocycles. The molecule has 11 nitrogen and oxygen atoms in total. The van der Waals surface area contributed by atoms with Crippen molar-refractivity contribution < 1.29 is 24.9 Å². The minimum Gasteiger partial charge on any atom is -0.480 e. The van der Waals surface area contributed by atoms with Gasteiger partial charge in [0.15, 0.2) is 17.7 Å². The predicted octanol–water partition coefficient (Wildman–Crippen LogP) is -1.92. The summed E-state index contributed by atoms with van der Waals surface area (Å²) in [4.78, 5) is 23.0. The van der Waals surface area contributed by atoms with Gasteiger partial charge in [0.1, 0.15) is 47.7 Å². The summed E-state index contributed by atoms with van der Waals surface area (Å²) in [5.74, 6) is 0.254. The number of carboxylic acid groups (broad SMARTS) is 1. The van der Waals surface area contributed by atoms with E-state index in [0.29, 0.717) is 29.1 Å². The first-order valence-electron chi connectivity index (χ1n) is 8.31. The third-order valence-electron chi connectivity index (χ3n) is 4.54. The molecule has 0 bridgehead atoms. The van der Waals surface area contributed by atoms with Crippen LogP contribution < -0.4 is 11.5 Å². The van der Waals surface area contributed by atoms with E-state index < -0.39 is 36.6 Å². The molecule has 1 unspecified atom stereocenters. The number of aliphatic hydroxyl groups is 2. The van der Waals surface area contributed by atoms with Crippen molar-refractivity contribution in [2.45, 2.75) is 37.0 Å². The number of fused-ring (bicyclic) bond motifs is 1. The number of aliphatic hydroxyl groups excluding tert-OH is 2. The van der Waals surface area contributed by atoms with Crippen molar-refractivity contribution >= 4 is 33.8 Å². The number of carboxylic acids is 1. The predicted molar refractivity (Wildman–Crippen MR) is 98.9 cm³/mol. The molecule has 7 N–H and O–H groups in total. The van der Waals surface area contributed by atoms with Crippen LogP contribution in [0.4, 0.5) is 5.82 Å². The molecule has 1 aliphatic rings. The highest BCUT2D eigenvalue weighted by Crippen LogP contribution is 2.32. The third-order valence-corrected chi connectivity index (χ3v) is 6.37. The number of nitrogens with two attached hydrogens (primary N) is 2. The maximum Gasteiger partial charge on any atom is 0.320 e. The Hall–Kier alpha value is -1.99. The summed E-state index contributed by atoms with van der Waals surface area (Å²) < 4.78 is 7.41. The quantitative estimate of drug-likeness (QED) is 0.329. The van der Waals surface area contributed by atoms with Crippen molar-refractivity contribution in [1.29, 1.82) is 0 Å². The molecule has 0 spiro atoms. The van der Waals surface area contributed by atoms with Gasteiger partial charge in [-0.25, -0.2) is 15.0 Å². The highest BCUT2D eigenvalue weighted by Gasteiger charge is 2.46. The zero-order chi connectivity index (χ0) is 19.7. The molecular formula is C15H23N6O5S+. The molecule has 1 fully saturated rings. The second kappa shape index (κ2) is 7.94. The molecule has 3 heterocycles. The van der Waals surface area contributed by atoms with Crippen molar-refractivity contribution in [3.05, 3.63) is 12.7 Å². The fourth-order valence-electron chi connectivity index (χ4n) is 2.97. The number of rotatable bonds is 7. The maximum absolute atomic E-state index is 10.8. The third kappa shape index (κ3) is 3.99.